The Kier molecular flexibility index (Phi) is 5.24. The predicted molar refractivity (Wildman–Crippen MR) is 80.4 cm³/mol. The van der Waals surface area contributed by atoms with E-state index >= 15 is 0 Å². The van der Waals surface area contributed by atoms with Crippen LogP contribution in [-0.4, -0.2) is 38.2 Å². The van der Waals surface area contributed by atoms with Gasteiger partial charge in [0.25, 0.3) is 0 Å². The normalized spacial score (nSPS) is 12.7. The smallest absolute Gasteiger partial charge is 0.244 e. The summed E-state index contributed by atoms with van der Waals surface area (Å²) >= 11 is 5.77. The van der Waals surface area contributed by atoms with E-state index in [9.17, 15) is 8.42 Å². The first-order valence-electron chi connectivity index (χ1n) is 6.06. The Morgan fingerprint density at radius 3 is 2.37 bits per heavy atom. The monoisotopic (exact) mass is 304 g/mol. The van der Waals surface area contributed by atoms with Crippen LogP contribution < -0.4 is 5.32 Å². The van der Waals surface area contributed by atoms with Gasteiger partial charge in [-0.1, -0.05) is 12.1 Å². The van der Waals surface area contributed by atoms with Crippen molar-refractivity contribution in [3.8, 4) is 0 Å². The van der Waals surface area contributed by atoms with Crippen LogP contribution in [0.15, 0.2) is 29.2 Å². The third-order valence-electron chi connectivity index (χ3n) is 2.84. The zero-order chi connectivity index (χ0) is 14.7. The van der Waals surface area contributed by atoms with Crippen molar-refractivity contribution in [1.29, 1.82) is 0 Å². The third-order valence-corrected chi connectivity index (χ3v) is 4.90. The van der Waals surface area contributed by atoms with E-state index < -0.39 is 10.0 Å². The van der Waals surface area contributed by atoms with Gasteiger partial charge in [0, 0.05) is 25.5 Å². The number of benzene rings is 1. The van der Waals surface area contributed by atoms with Gasteiger partial charge in [-0.2, -0.15) is 0 Å². The Morgan fingerprint density at radius 2 is 1.84 bits per heavy atom. The van der Waals surface area contributed by atoms with E-state index in [1.807, 2.05) is 19.9 Å². The van der Waals surface area contributed by atoms with Gasteiger partial charge in [0.15, 0.2) is 0 Å². The van der Waals surface area contributed by atoms with Gasteiger partial charge in [0.2, 0.25) is 10.0 Å². The molecular weight excluding hydrogens is 284 g/mol. The van der Waals surface area contributed by atoms with Gasteiger partial charge in [0.05, 0.1) is 5.69 Å². The summed E-state index contributed by atoms with van der Waals surface area (Å²) in [5.41, 5.74) is 0.339. The summed E-state index contributed by atoms with van der Waals surface area (Å²) in [5, 5.41) is 3.26. The Morgan fingerprint density at radius 1 is 1.26 bits per heavy atom. The lowest BCUT2D eigenvalue weighted by molar-refractivity contribution is 0.519. The molecule has 0 aliphatic heterocycles. The predicted octanol–water partition coefficient (Wildman–Crippen LogP) is 2.76. The highest BCUT2D eigenvalue weighted by Gasteiger charge is 2.24. The molecule has 0 aliphatic rings. The van der Waals surface area contributed by atoms with E-state index in [2.05, 4.69) is 5.32 Å². The maximum absolute atomic E-state index is 12.3. The molecule has 0 aromatic heterocycles. The second-order valence-electron chi connectivity index (χ2n) is 5.23. The fourth-order valence-corrected chi connectivity index (χ4v) is 3.17. The number of sulfonamides is 1. The molecule has 0 heterocycles. The van der Waals surface area contributed by atoms with Gasteiger partial charge < -0.3 is 5.32 Å². The first kappa shape index (κ1) is 16.3. The van der Waals surface area contributed by atoms with Crippen molar-refractivity contribution in [3.63, 3.8) is 0 Å². The summed E-state index contributed by atoms with van der Waals surface area (Å²) < 4.78 is 25.7. The molecule has 0 fully saturated rings. The van der Waals surface area contributed by atoms with Crippen molar-refractivity contribution < 1.29 is 8.42 Å². The third kappa shape index (κ3) is 4.09. The summed E-state index contributed by atoms with van der Waals surface area (Å²) in [7, 11) is -0.409. The summed E-state index contributed by atoms with van der Waals surface area (Å²) in [6.45, 7) is 3.99. The van der Waals surface area contributed by atoms with Crippen LogP contribution in [0.4, 0.5) is 5.69 Å². The lowest BCUT2D eigenvalue weighted by Gasteiger charge is -2.28. The van der Waals surface area contributed by atoms with Gasteiger partial charge in [-0.25, -0.2) is 12.7 Å². The van der Waals surface area contributed by atoms with Crippen LogP contribution in [0.2, 0.25) is 0 Å². The van der Waals surface area contributed by atoms with Crippen LogP contribution in [0, 0.1) is 0 Å². The molecule has 0 amide bonds. The summed E-state index contributed by atoms with van der Waals surface area (Å²) in [4.78, 5) is 0.280. The minimum atomic E-state index is -3.46. The Bertz CT molecular complexity index is 527. The van der Waals surface area contributed by atoms with Crippen molar-refractivity contribution >= 4 is 27.3 Å². The van der Waals surface area contributed by atoms with Crippen LogP contribution in [0.25, 0.3) is 0 Å². The Balaban J connectivity index is 3.18. The summed E-state index contributed by atoms with van der Waals surface area (Å²) in [6.07, 6.45) is 0.741. The zero-order valence-electron chi connectivity index (χ0n) is 11.8. The van der Waals surface area contributed by atoms with Crippen LogP contribution in [0.3, 0.4) is 0 Å². The van der Waals surface area contributed by atoms with Gasteiger partial charge in [-0.15, -0.1) is 11.6 Å². The van der Waals surface area contributed by atoms with Crippen molar-refractivity contribution in [3.05, 3.63) is 24.3 Å². The second kappa shape index (κ2) is 6.11. The number of halogens is 1. The molecule has 1 N–H and O–H groups in total. The van der Waals surface area contributed by atoms with Crippen molar-refractivity contribution in [1.82, 2.24) is 4.31 Å². The molecular formula is C13H21ClN2O2S. The van der Waals surface area contributed by atoms with Crippen molar-refractivity contribution in [2.24, 2.45) is 0 Å². The van der Waals surface area contributed by atoms with Crippen LogP contribution >= 0.6 is 11.6 Å². The number of anilines is 1. The minimum absolute atomic E-state index is 0.264. The molecule has 108 valence electrons. The molecule has 0 unspecified atom stereocenters. The number of alkyl halides is 1. The van der Waals surface area contributed by atoms with Gasteiger partial charge in [-0.3, -0.25) is 0 Å². The average Bonchev–Trinajstić information content (AvgIpc) is 2.28. The molecule has 1 aromatic carbocycles. The fourth-order valence-electron chi connectivity index (χ4n) is 1.65. The second-order valence-corrected chi connectivity index (χ2v) is 7.73. The number of nitrogens with zero attached hydrogens (tertiary/aromatic N) is 1. The standard InChI is InChI=1S/C13H21ClN2O2S/c1-13(2,9-10-14)15-11-7-5-6-8-12(11)19(17,18)16(3)4/h5-8,15H,9-10H2,1-4H3. The van der Waals surface area contributed by atoms with E-state index in [4.69, 9.17) is 11.6 Å². The SMILES string of the molecule is CN(C)S(=O)(=O)c1ccccc1NC(C)(C)CCCl. The van der Waals surface area contributed by atoms with Gasteiger partial charge in [-0.05, 0) is 32.4 Å². The first-order chi connectivity index (χ1) is 8.70. The largest absolute Gasteiger partial charge is 0.379 e. The van der Waals surface area contributed by atoms with Crippen LogP contribution in [0.1, 0.15) is 20.3 Å². The molecule has 0 aliphatic carbocycles. The molecule has 0 saturated heterocycles. The van der Waals surface area contributed by atoms with Crippen molar-refractivity contribution in [2.75, 3.05) is 25.3 Å². The molecule has 0 spiro atoms. The molecule has 19 heavy (non-hydrogen) atoms. The number of hydrogen-bond acceptors (Lipinski definition) is 3. The quantitative estimate of drug-likeness (QED) is 0.822. The first-order valence-corrected chi connectivity index (χ1v) is 8.04. The van der Waals surface area contributed by atoms with Gasteiger partial charge >= 0.3 is 0 Å². The number of para-hydroxylation sites is 1. The van der Waals surface area contributed by atoms with E-state index in [1.165, 1.54) is 18.4 Å². The minimum Gasteiger partial charge on any atom is -0.379 e. The number of hydrogen-bond donors (Lipinski definition) is 1. The molecule has 1 aromatic rings. The molecule has 0 bridgehead atoms. The summed E-state index contributed by atoms with van der Waals surface area (Å²) in [5.74, 6) is 0.516. The highest BCUT2D eigenvalue weighted by Crippen LogP contribution is 2.27. The molecule has 1 rings (SSSR count). The molecule has 0 radical (unpaired) electrons. The van der Waals surface area contributed by atoms with Crippen LogP contribution in [-0.2, 0) is 10.0 Å². The lowest BCUT2D eigenvalue weighted by atomic mass is 10.0. The maximum Gasteiger partial charge on any atom is 0.244 e. The lowest BCUT2D eigenvalue weighted by Crippen LogP contribution is -2.33. The van der Waals surface area contributed by atoms with E-state index in [-0.39, 0.29) is 10.4 Å². The highest BCUT2D eigenvalue weighted by atomic mass is 35.5. The van der Waals surface area contributed by atoms with E-state index in [0.717, 1.165) is 6.42 Å². The number of nitrogens with one attached hydrogen (secondary N) is 1. The molecule has 6 heteroatoms. The van der Waals surface area contributed by atoms with Crippen molar-refractivity contribution in [2.45, 2.75) is 30.7 Å². The molecule has 0 atom stereocenters. The maximum atomic E-state index is 12.3. The van der Waals surface area contributed by atoms with Gasteiger partial charge in [0.1, 0.15) is 4.90 Å². The zero-order valence-corrected chi connectivity index (χ0v) is 13.3. The molecule has 4 nitrogen and oxygen atoms in total. The average molecular weight is 305 g/mol. The Hall–Kier alpha value is -0.780. The topological polar surface area (TPSA) is 49.4 Å². The van der Waals surface area contributed by atoms with E-state index in [1.54, 1.807) is 18.2 Å². The van der Waals surface area contributed by atoms with Crippen LogP contribution in [0.5, 0.6) is 0 Å². The molecule has 0 saturated carbocycles. The van der Waals surface area contributed by atoms with E-state index in [0.29, 0.717) is 11.6 Å². The fraction of sp³-hybridized carbons (Fsp3) is 0.538. The Labute approximate surface area is 120 Å². The summed E-state index contributed by atoms with van der Waals surface area (Å²) in [6, 6.07) is 6.91. The highest BCUT2D eigenvalue weighted by molar-refractivity contribution is 7.89. The number of rotatable bonds is 6.